The lowest BCUT2D eigenvalue weighted by Gasteiger charge is -2.48. The van der Waals surface area contributed by atoms with Crippen molar-refractivity contribution in [2.45, 2.75) is 70.4 Å². The molecule has 0 aromatic carbocycles. The number of hydrogen-bond acceptors (Lipinski definition) is 6. The number of amides is 1. The third-order valence-corrected chi connectivity index (χ3v) is 4.36. The highest BCUT2D eigenvalue weighted by Gasteiger charge is 2.55. The number of carbonyl (C=O) groups excluding carboxylic acids is 2. The van der Waals surface area contributed by atoms with E-state index < -0.39 is 17.7 Å². The Morgan fingerprint density at radius 2 is 2.00 bits per heavy atom. The van der Waals surface area contributed by atoms with Crippen LogP contribution in [0, 0.1) is 5.92 Å². The van der Waals surface area contributed by atoms with E-state index in [0.717, 1.165) is 6.42 Å². The van der Waals surface area contributed by atoms with Crippen molar-refractivity contribution < 1.29 is 23.8 Å². The first-order valence-corrected chi connectivity index (χ1v) is 8.21. The molecule has 1 aliphatic heterocycles. The maximum atomic E-state index is 12.0. The van der Waals surface area contributed by atoms with Crippen LogP contribution in [0.2, 0.25) is 0 Å². The molecule has 7 heteroatoms. The summed E-state index contributed by atoms with van der Waals surface area (Å²) >= 11 is 0. The molecule has 0 aromatic heterocycles. The lowest BCUT2D eigenvalue weighted by atomic mass is 9.71. The summed E-state index contributed by atoms with van der Waals surface area (Å²) in [6.45, 7) is 8.07. The molecule has 2 N–H and O–H groups in total. The van der Waals surface area contributed by atoms with E-state index in [2.05, 4.69) is 10.6 Å². The van der Waals surface area contributed by atoms with E-state index in [1.807, 2.05) is 27.7 Å². The third-order valence-electron chi connectivity index (χ3n) is 4.36. The van der Waals surface area contributed by atoms with Gasteiger partial charge in [0.25, 0.3) is 0 Å². The van der Waals surface area contributed by atoms with Crippen LogP contribution in [0.4, 0.5) is 4.79 Å². The van der Waals surface area contributed by atoms with Crippen LogP contribution in [-0.4, -0.2) is 55.6 Å². The second-order valence-corrected chi connectivity index (χ2v) is 7.14. The number of nitrogens with one attached hydrogen (secondary N) is 2. The number of esters is 1. The lowest BCUT2D eigenvalue weighted by Crippen LogP contribution is -2.72. The van der Waals surface area contributed by atoms with E-state index in [0.29, 0.717) is 13.0 Å². The molecule has 7 nitrogen and oxygen atoms in total. The summed E-state index contributed by atoms with van der Waals surface area (Å²) in [5, 5.41) is 6.20. The zero-order chi connectivity index (χ0) is 17.2. The Hall–Kier alpha value is -1.34. The highest BCUT2D eigenvalue weighted by atomic mass is 16.6. The molecular weight excluding hydrogens is 300 g/mol. The Kier molecular flexibility index (Phi) is 5.52. The molecule has 5 atom stereocenters. The lowest BCUT2D eigenvalue weighted by molar-refractivity contribution is -0.144. The van der Waals surface area contributed by atoms with Crippen LogP contribution in [0.15, 0.2) is 0 Å². The van der Waals surface area contributed by atoms with E-state index >= 15 is 0 Å². The average Bonchev–Trinajstić information content (AvgIpc) is 2.88. The molecule has 1 aliphatic carbocycles. The fraction of sp³-hybridized carbons (Fsp3) is 0.875. The predicted molar refractivity (Wildman–Crippen MR) is 84.0 cm³/mol. The van der Waals surface area contributed by atoms with Gasteiger partial charge in [-0.25, -0.2) is 4.79 Å². The SMILES string of the molecule is CCC(NC1C(NC(=O)OC(C)(C)C)C2CCOC21)C(=O)OC. The van der Waals surface area contributed by atoms with Gasteiger partial charge in [-0.05, 0) is 33.6 Å². The Morgan fingerprint density at radius 1 is 1.30 bits per heavy atom. The first kappa shape index (κ1) is 18.0. The predicted octanol–water partition coefficient (Wildman–Crippen LogP) is 1.21. The summed E-state index contributed by atoms with van der Waals surface area (Å²) in [6.07, 6.45) is 1.09. The Morgan fingerprint density at radius 3 is 2.57 bits per heavy atom. The molecule has 1 heterocycles. The van der Waals surface area contributed by atoms with Crippen molar-refractivity contribution in [3.05, 3.63) is 0 Å². The summed E-state index contributed by atoms with van der Waals surface area (Å²) < 4.78 is 15.9. The fourth-order valence-electron chi connectivity index (χ4n) is 3.27. The van der Waals surface area contributed by atoms with Gasteiger partial charge in [-0.2, -0.15) is 0 Å². The minimum absolute atomic E-state index is 0.0219. The number of ether oxygens (including phenoxy) is 3. The fourth-order valence-corrected chi connectivity index (χ4v) is 3.27. The van der Waals surface area contributed by atoms with E-state index in [4.69, 9.17) is 14.2 Å². The maximum Gasteiger partial charge on any atom is 0.407 e. The molecule has 0 spiro atoms. The van der Waals surface area contributed by atoms with Gasteiger partial charge < -0.3 is 19.5 Å². The molecule has 0 radical (unpaired) electrons. The second kappa shape index (κ2) is 7.05. The number of methoxy groups -OCH3 is 1. The summed E-state index contributed by atoms with van der Waals surface area (Å²) in [5.74, 6) is -0.0415. The minimum atomic E-state index is -0.541. The van der Waals surface area contributed by atoms with E-state index in [1.54, 1.807) is 0 Å². The Labute approximate surface area is 137 Å². The van der Waals surface area contributed by atoms with Crippen LogP contribution < -0.4 is 10.6 Å². The van der Waals surface area contributed by atoms with Gasteiger partial charge in [0.1, 0.15) is 11.6 Å². The molecule has 1 saturated heterocycles. The standard InChI is InChI=1S/C16H28N2O5/c1-6-10(14(19)21-5)17-12-11(9-7-8-22-13(9)12)18-15(20)23-16(2,3)4/h9-13,17H,6-8H2,1-5H3,(H,18,20). The number of hydrogen-bond donors (Lipinski definition) is 2. The van der Waals surface area contributed by atoms with Crippen molar-refractivity contribution >= 4 is 12.1 Å². The average molecular weight is 328 g/mol. The highest BCUT2D eigenvalue weighted by molar-refractivity contribution is 5.75. The van der Waals surface area contributed by atoms with E-state index in [-0.39, 0.29) is 30.1 Å². The molecule has 23 heavy (non-hydrogen) atoms. The summed E-state index contributed by atoms with van der Waals surface area (Å²) in [6, 6.07) is -0.617. The molecule has 2 aliphatic rings. The number of rotatable bonds is 5. The summed E-state index contributed by atoms with van der Waals surface area (Å²) in [4.78, 5) is 23.8. The molecule has 1 amide bonds. The minimum Gasteiger partial charge on any atom is -0.468 e. The van der Waals surface area contributed by atoms with Gasteiger partial charge in [-0.1, -0.05) is 6.92 Å². The quantitative estimate of drug-likeness (QED) is 0.738. The molecular formula is C16H28N2O5. The number of carbonyl (C=O) groups is 2. The van der Waals surface area contributed by atoms with Crippen molar-refractivity contribution in [3.8, 4) is 0 Å². The highest BCUT2D eigenvalue weighted by Crippen LogP contribution is 2.39. The Bertz CT molecular complexity index is 448. The van der Waals surface area contributed by atoms with Gasteiger partial charge in [-0.15, -0.1) is 0 Å². The van der Waals surface area contributed by atoms with Gasteiger partial charge >= 0.3 is 12.1 Å². The largest absolute Gasteiger partial charge is 0.468 e. The van der Waals surface area contributed by atoms with Gasteiger partial charge in [-0.3, -0.25) is 10.1 Å². The third kappa shape index (κ3) is 4.14. The van der Waals surface area contributed by atoms with Crippen LogP contribution in [0.25, 0.3) is 0 Å². The molecule has 2 fully saturated rings. The van der Waals surface area contributed by atoms with Crippen LogP contribution >= 0.6 is 0 Å². The van der Waals surface area contributed by atoms with E-state index in [9.17, 15) is 9.59 Å². The van der Waals surface area contributed by atoms with Crippen LogP contribution in [0.1, 0.15) is 40.5 Å². The first-order chi connectivity index (χ1) is 10.8. The van der Waals surface area contributed by atoms with Crippen molar-refractivity contribution in [2.24, 2.45) is 5.92 Å². The van der Waals surface area contributed by atoms with Crippen LogP contribution in [-0.2, 0) is 19.0 Å². The molecule has 132 valence electrons. The summed E-state index contributed by atoms with van der Waals surface area (Å²) in [5.41, 5.74) is -0.541. The molecule has 1 saturated carbocycles. The van der Waals surface area contributed by atoms with E-state index in [1.165, 1.54) is 7.11 Å². The maximum absolute atomic E-state index is 12.0. The topological polar surface area (TPSA) is 85.9 Å². The molecule has 0 aromatic rings. The van der Waals surface area contributed by atoms with Crippen molar-refractivity contribution in [3.63, 3.8) is 0 Å². The van der Waals surface area contributed by atoms with Crippen molar-refractivity contribution in [1.82, 2.24) is 10.6 Å². The van der Waals surface area contributed by atoms with Crippen molar-refractivity contribution in [1.29, 1.82) is 0 Å². The molecule has 5 unspecified atom stereocenters. The van der Waals surface area contributed by atoms with Gasteiger partial charge in [0.05, 0.1) is 25.3 Å². The molecule has 0 bridgehead atoms. The Balaban J connectivity index is 1.99. The second-order valence-electron chi connectivity index (χ2n) is 7.14. The van der Waals surface area contributed by atoms with Crippen molar-refractivity contribution in [2.75, 3.05) is 13.7 Å². The monoisotopic (exact) mass is 328 g/mol. The van der Waals surface area contributed by atoms with Gasteiger partial charge in [0.2, 0.25) is 0 Å². The smallest absolute Gasteiger partial charge is 0.407 e. The number of alkyl carbamates (subject to hydrolysis) is 1. The van der Waals surface area contributed by atoms with Gasteiger partial charge in [0, 0.05) is 12.5 Å². The number of fused-ring (bicyclic) bond motifs is 1. The zero-order valence-corrected chi connectivity index (χ0v) is 14.5. The normalized spacial score (nSPS) is 30.8. The van der Waals surface area contributed by atoms with Crippen LogP contribution in [0.5, 0.6) is 0 Å². The first-order valence-electron chi connectivity index (χ1n) is 8.21. The zero-order valence-electron chi connectivity index (χ0n) is 14.5. The van der Waals surface area contributed by atoms with Gasteiger partial charge in [0.15, 0.2) is 0 Å². The summed E-state index contributed by atoms with van der Waals surface area (Å²) in [7, 11) is 1.37. The molecule has 2 rings (SSSR count). The van der Waals surface area contributed by atoms with Crippen LogP contribution in [0.3, 0.4) is 0 Å².